The van der Waals surface area contributed by atoms with Crippen molar-refractivity contribution in [1.29, 1.82) is 0 Å². The Morgan fingerprint density at radius 1 is 0.469 bits per heavy atom. The minimum absolute atomic E-state index is 0.0741. The molecule has 0 aliphatic carbocycles. The summed E-state index contributed by atoms with van der Waals surface area (Å²) in [5.41, 5.74) is -0.145. The van der Waals surface area contributed by atoms with E-state index in [9.17, 15) is 20.1 Å². The SMILES string of the molecule is CC(C)(C)[Si](C)(C)C.CCOC.COCOc1ccc2ccc(O)cc2c1.COCOc1ccc2ccc(O[Si](C)(C)C(C)(C)C)cc2c1.COOCCl.O=C(O)c1cc2ccc(O)cc2cc1O.Oc1ccc2ccc(O)cc2c1. The van der Waals surface area contributed by atoms with Crippen molar-refractivity contribution < 1.29 is 73.3 Å². The fourth-order valence-electron chi connectivity index (χ4n) is 6.07. The average Bonchev–Trinajstić information content (AvgIpc) is 3.39. The third kappa shape index (κ3) is 24.8. The Morgan fingerprint density at radius 3 is 1.12 bits per heavy atom. The molecule has 0 saturated carbocycles. The summed E-state index contributed by atoms with van der Waals surface area (Å²) in [5, 5.41) is 63.2. The highest BCUT2D eigenvalue weighted by Gasteiger charge is 2.39. The number of carboxylic acid groups (broad SMARTS) is 1. The molecule has 442 valence electrons. The molecule has 0 aliphatic heterocycles. The molecule has 15 nitrogen and oxygen atoms in total. The van der Waals surface area contributed by atoms with E-state index in [2.05, 4.69) is 113 Å². The Morgan fingerprint density at radius 2 is 0.802 bits per heavy atom. The molecule has 0 aliphatic rings. The lowest BCUT2D eigenvalue weighted by Gasteiger charge is -2.36. The van der Waals surface area contributed by atoms with Crippen molar-refractivity contribution in [3.63, 3.8) is 0 Å². The number of carboxylic acids is 1. The van der Waals surface area contributed by atoms with Gasteiger partial charge in [0.25, 0.3) is 0 Å². The van der Waals surface area contributed by atoms with Gasteiger partial charge >= 0.3 is 5.97 Å². The molecule has 0 amide bonds. The molecule has 0 atom stereocenters. The molecule has 8 aromatic carbocycles. The van der Waals surface area contributed by atoms with Gasteiger partial charge in [-0.2, -0.15) is 0 Å². The van der Waals surface area contributed by atoms with E-state index < -0.39 is 22.4 Å². The summed E-state index contributed by atoms with van der Waals surface area (Å²) in [6.45, 7) is 28.7. The molecule has 6 N–H and O–H groups in total. The molecule has 81 heavy (non-hydrogen) atoms. The zero-order valence-corrected chi connectivity index (χ0v) is 52.6. The first-order valence-electron chi connectivity index (χ1n) is 25.9. The van der Waals surface area contributed by atoms with Crippen LogP contribution in [0.4, 0.5) is 0 Å². The van der Waals surface area contributed by atoms with Gasteiger partial charge in [0.2, 0.25) is 8.32 Å². The summed E-state index contributed by atoms with van der Waals surface area (Å²) >= 11 is 4.95. The summed E-state index contributed by atoms with van der Waals surface area (Å²) in [7, 11) is 3.60. The van der Waals surface area contributed by atoms with Crippen LogP contribution < -0.4 is 13.9 Å². The molecule has 0 bridgehead atoms. The van der Waals surface area contributed by atoms with Gasteiger partial charge < -0.3 is 58.7 Å². The second-order valence-electron chi connectivity index (χ2n) is 21.7. The Bertz CT molecular complexity index is 3110. The monoisotopic (exact) mass is 1170 g/mol. The lowest BCUT2D eigenvalue weighted by molar-refractivity contribution is -0.256. The van der Waals surface area contributed by atoms with Crippen LogP contribution in [0.25, 0.3) is 43.1 Å². The van der Waals surface area contributed by atoms with Crippen LogP contribution in [0.5, 0.6) is 46.0 Å². The number of rotatable bonds is 12. The largest absolute Gasteiger partial charge is 0.543 e. The van der Waals surface area contributed by atoms with Gasteiger partial charge in [-0.1, -0.05) is 115 Å². The van der Waals surface area contributed by atoms with Crippen molar-refractivity contribution in [2.45, 2.75) is 91.3 Å². The number of aromatic carboxylic acids is 1. The van der Waals surface area contributed by atoms with Crippen LogP contribution in [0.15, 0.2) is 140 Å². The highest BCUT2D eigenvalue weighted by Crippen LogP contribution is 2.39. The topological polar surface area (TPSA) is 212 Å². The number of alkyl halides is 1. The van der Waals surface area contributed by atoms with E-state index in [0.717, 1.165) is 50.8 Å². The molecule has 18 heteroatoms. The van der Waals surface area contributed by atoms with Crippen LogP contribution >= 0.6 is 11.6 Å². The zero-order valence-electron chi connectivity index (χ0n) is 49.8. The highest BCUT2D eigenvalue weighted by molar-refractivity contribution is 6.78. The Balaban J connectivity index is 0.000000342. The maximum atomic E-state index is 10.7. The minimum atomic E-state index is -1.82. The van der Waals surface area contributed by atoms with Crippen molar-refractivity contribution in [2.75, 3.05) is 54.7 Å². The molecule has 0 spiro atoms. The van der Waals surface area contributed by atoms with E-state index in [1.807, 2.05) is 55.5 Å². The van der Waals surface area contributed by atoms with Crippen LogP contribution in [-0.4, -0.2) is 108 Å². The van der Waals surface area contributed by atoms with E-state index in [1.165, 1.54) is 36.8 Å². The van der Waals surface area contributed by atoms with E-state index in [1.54, 1.807) is 63.8 Å². The molecule has 0 heterocycles. The number of benzene rings is 8. The van der Waals surface area contributed by atoms with Gasteiger partial charge in [0, 0.05) is 36.0 Å². The summed E-state index contributed by atoms with van der Waals surface area (Å²) in [6, 6.07) is 40.6. The minimum Gasteiger partial charge on any atom is -0.543 e. The fraction of sp³-hybridized carbons (Fsp3) is 0.349. The average molecular weight is 1170 g/mol. The Kier molecular flexibility index (Phi) is 29.4. The number of hydrogen-bond donors (Lipinski definition) is 6. The van der Waals surface area contributed by atoms with Crippen LogP contribution in [0.2, 0.25) is 42.8 Å². The normalized spacial score (nSPS) is 11.1. The molecule has 0 radical (unpaired) electrons. The third-order valence-electron chi connectivity index (χ3n) is 13.1. The summed E-state index contributed by atoms with van der Waals surface area (Å²) in [5.74, 6) is 1.75. The number of carbonyl (C=O) groups is 1. The molecule has 8 aromatic rings. The van der Waals surface area contributed by atoms with Crippen molar-refractivity contribution in [1.82, 2.24) is 0 Å². The van der Waals surface area contributed by atoms with Crippen LogP contribution in [-0.2, 0) is 24.0 Å². The number of phenols is 5. The van der Waals surface area contributed by atoms with E-state index in [-0.39, 0.29) is 59.0 Å². The summed E-state index contributed by atoms with van der Waals surface area (Å²) in [6.07, 6.45) is 0. The number of halogens is 1. The quantitative estimate of drug-likeness (QED) is 0.0221. The van der Waals surface area contributed by atoms with Gasteiger partial charge in [0.1, 0.15) is 51.6 Å². The van der Waals surface area contributed by atoms with Crippen LogP contribution in [0.1, 0.15) is 58.8 Å². The van der Waals surface area contributed by atoms with Gasteiger partial charge in [-0.05, 0) is 170 Å². The standard InChI is InChI=1S/C18H26O3Si.C12H12O3.C11H8O4.C10H8O2.C7H18Si.C3H8O.C2H5ClO2/c1-18(2,3)22(5,6)21-17-10-8-14-7-9-16(20-13-19-4)11-15(14)12-17;1-14-8-15-12-5-3-9-2-4-11(13)6-10(9)7-12;12-8-2-1-6-4-9(11(14)15)10(13)5-7(6)3-8;11-9-3-1-7-2-4-10(12)6-8(7)5-9;1-7(2,3)8(4,5)6;1-3-4-2;1-4-5-2-3/h7-12H,13H2,1-6H3;2-7,13H,8H2,1H3;1-5,12-13H,(H,14,15);1-6,11-12H;1-6H3;3H2,1-2H3;2H2,1H3. The molecular weight excluding hydrogens is 1090 g/mol. The van der Waals surface area contributed by atoms with E-state index in [0.29, 0.717) is 15.8 Å². The van der Waals surface area contributed by atoms with Gasteiger partial charge in [-0.15, -0.1) is 0 Å². The summed E-state index contributed by atoms with van der Waals surface area (Å²) in [4.78, 5) is 18.9. The first-order valence-corrected chi connectivity index (χ1v) is 32.9. The number of fused-ring (bicyclic) bond motifs is 4. The number of ether oxygens (including phenoxy) is 5. The highest BCUT2D eigenvalue weighted by atomic mass is 35.5. The third-order valence-corrected chi connectivity index (χ3v) is 22.1. The second-order valence-corrected chi connectivity index (χ2v) is 32.7. The van der Waals surface area contributed by atoms with Crippen molar-refractivity contribution >= 4 is 77.1 Å². The molecule has 0 unspecified atom stereocenters. The van der Waals surface area contributed by atoms with Gasteiger partial charge in [-0.3, -0.25) is 0 Å². The second kappa shape index (κ2) is 33.8. The molecule has 0 aromatic heterocycles. The predicted molar refractivity (Wildman–Crippen MR) is 333 cm³/mol. The maximum absolute atomic E-state index is 10.7. The number of hydrogen-bond acceptors (Lipinski definition) is 14. The van der Waals surface area contributed by atoms with E-state index >= 15 is 0 Å². The lowest BCUT2D eigenvalue weighted by atomic mass is 10.1. The van der Waals surface area contributed by atoms with Gasteiger partial charge in [0.15, 0.2) is 19.7 Å². The molecule has 0 fully saturated rings. The Labute approximate surface area is 485 Å². The fourth-order valence-corrected chi connectivity index (χ4v) is 7.18. The van der Waals surface area contributed by atoms with Crippen LogP contribution in [0.3, 0.4) is 0 Å². The first-order chi connectivity index (χ1) is 37.9. The smallest absolute Gasteiger partial charge is 0.339 e. The molecular formula is C63H85ClO15Si2. The zero-order chi connectivity index (χ0) is 61.1. The first kappa shape index (κ1) is 70.3. The summed E-state index contributed by atoms with van der Waals surface area (Å²) < 4.78 is 31.5. The van der Waals surface area contributed by atoms with Crippen LogP contribution in [0, 0.1) is 0 Å². The number of aromatic hydroxyl groups is 5. The number of phenolic OH excluding ortho intramolecular Hbond substituents is 4. The maximum Gasteiger partial charge on any atom is 0.339 e. The Hall–Kier alpha value is -6.81. The van der Waals surface area contributed by atoms with E-state index in [4.69, 9.17) is 50.3 Å². The lowest BCUT2D eigenvalue weighted by Crippen LogP contribution is -2.43. The van der Waals surface area contributed by atoms with Crippen molar-refractivity contribution in [2.24, 2.45) is 0 Å². The van der Waals surface area contributed by atoms with Gasteiger partial charge in [0.05, 0.1) is 7.11 Å². The van der Waals surface area contributed by atoms with Gasteiger partial charge in [-0.25, -0.2) is 14.6 Å². The molecule has 8 rings (SSSR count). The predicted octanol–water partition coefficient (Wildman–Crippen LogP) is 16.5. The number of methoxy groups -OCH3 is 3. The molecule has 0 saturated heterocycles. The van der Waals surface area contributed by atoms with Crippen molar-refractivity contribution in [3.05, 3.63) is 145 Å². The van der Waals surface area contributed by atoms with Crippen molar-refractivity contribution in [3.8, 4) is 46.0 Å².